The van der Waals surface area contributed by atoms with Crippen LogP contribution in [0.15, 0.2) is 18.2 Å². The molecule has 20 heavy (non-hydrogen) atoms. The van der Waals surface area contributed by atoms with Crippen LogP contribution >= 0.6 is 0 Å². The number of rotatable bonds is 3. The molecule has 0 radical (unpaired) electrons. The van der Waals surface area contributed by atoms with Crippen molar-refractivity contribution in [2.24, 2.45) is 0 Å². The SMILES string of the molecule is CCN(C(=O)N1CCc2cc(C(=O)O)ccc21)C1CC1. The fourth-order valence-electron chi connectivity index (χ4n) is 2.82. The van der Waals surface area contributed by atoms with Crippen LogP contribution in [0.4, 0.5) is 10.5 Å². The van der Waals surface area contributed by atoms with E-state index in [0.29, 0.717) is 12.6 Å². The van der Waals surface area contributed by atoms with Gasteiger partial charge in [0.25, 0.3) is 0 Å². The summed E-state index contributed by atoms with van der Waals surface area (Å²) in [6.07, 6.45) is 2.92. The summed E-state index contributed by atoms with van der Waals surface area (Å²) < 4.78 is 0. The number of hydrogen-bond acceptors (Lipinski definition) is 2. The Morgan fingerprint density at radius 2 is 2.15 bits per heavy atom. The lowest BCUT2D eigenvalue weighted by Gasteiger charge is -2.27. The van der Waals surface area contributed by atoms with Crippen molar-refractivity contribution >= 4 is 17.7 Å². The number of anilines is 1. The summed E-state index contributed by atoms with van der Waals surface area (Å²) in [7, 11) is 0. The van der Waals surface area contributed by atoms with Gasteiger partial charge in [-0.1, -0.05) is 0 Å². The second-order valence-electron chi connectivity index (χ2n) is 5.35. The summed E-state index contributed by atoms with van der Waals surface area (Å²) in [5.41, 5.74) is 2.09. The molecule has 1 aromatic carbocycles. The Bertz CT molecular complexity index is 566. The molecule has 1 fully saturated rings. The zero-order valence-electron chi connectivity index (χ0n) is 11.5. The van der Waals surface area contributed by atoms with Gasteiger partial charge in [0.05, 0.1) is 5.56 Å². The molecule has 1 heterocycles. The molecule has 1 N–H and O–H groups in total. The zero-order chi connectivity index (χ0) is 14.3. The van der Waals surface area contributed by atoms with Crippen LogP contribution < -0.4 is 4.90 Å². The van der Waals surface area contributed by atoms with E-state index in [1.165, 1.54) is 0 Å². The number of hydrogen-bond donors (Lipinski definition) is 1. The van der Waals surface area contributed by atoms with E-state index in [0.717, 1.165) is 37.1 Å². The maximum absolute atomic E-state index is 12.6. The molecule has 0 atom stereocenters. The van der Waals surface area contributed by atoms with Gasteiger partial charge in [0.15, 0.2) is 0 Å². The van der Waals surface area contributed by atoms with Gasteiger partial charge in [-0.2, -0.15) is 0 Å². The summed E-state index contributed by atoms with van der Waals surface area (Å²) in [4.78, 5) is 27.3. The highest BCUT2D eigenvalue weighted by Gasteiger charge is 2.36. The predicted molar refractivity (Wildman–Crippen MR) is 75.2 cm³/mol. The zero-order valence-corrected chi connectivity index (χ0v) is 11.5. The fraction of sp³-hybridized carbons (Fsp3) is 0.467. The molecule has 0 aromatic heterocycles. The fourth-order valence-corrected chi connectivity index (χ4v) is 2.82. The van der Waals surface area contributed by atoms with Gasteiger partial charge in [0.1, 0.15) is 0 Å². The molecule has 2 aliphatic rings. The Kier molecular flexibility index (Phi) is 3.12. The van der Waals surface area contributed by atoms with Gasteiger partial charge < -0.3 is 10.0 Å². The number of carboxylic acids is 1. The molecule has 0 saturated heterocycles. The molecule has 0 spiro atoms. The average Bonchev–Trinajstić information content (AvgIpc) is 3.17. The first kappa shape index (κ1) is 13.0. The van der Waals surface area contributed by atoms with Gasteiger partial charge in [0, 0.05) is 24.8 Å². The van der Waals surface area contributed by atoms with Crippen LogP contribution in [-0.4, -0.2) is 41.1 Å². The number of benzene rings is 1. The molecular weight excluding hydrogens is 256 g/mol. The first-order valence-electron chi connectivity index (χ1n) is 7.06. The van der Waals surface area contributed by atoms with Crippen LogP contribution in [0.5, 0.6) is 0 Å². The molecule has 1 aromatic rings. The molecule has 106 valence electrons. The van der Waals surface area contributed by atoms with Crippen molar-refractivity contribution in [3.05, 3.63) is 29.3 Å². The third-order valence-corrected chi connectivity index (χ3v) is 4.03. The third kappa shape index (κ3) is 2.13. The average molecular weight is 274 g/mol. The van der Waals surface area contributed by atoms with Gasteiger partial charge in [-0.3, -0.25) is 4.90 Å². The maximum Gasteiger partial charge on any atom is 0.335 e. The number of carbonyl (C=O) groups excluding carboxylic acids is 1. The molecule has 0 unspecified atom stereocenters. The van der Waals surface area contributed by atoms with Crippen LogP contribution in [-0.2, 0) is 6.42 Å². The molecule has 1 saturated carbocycles. The minimum atomic E-state index is -0.925. The van der Waals surface area contributed by atoms with Gasteiger partial charge >= 0.3 is 12.0 Å². The molecule has 2 amide bonds. The van der Waals surface area contributed by atoms with Crippen molar-refractivity contribution in [1.29, 1.82) is 0 Å². The Balaban J connectivity index is 1.85. The molecule has 5 nitrogen and oxygen atoms in total. The van der Waals surface area contributed by atoms with E-state index in [1.54, 1.807) is 23.1 Å². The number of amides is 2. The quantitative estimate of drug-likeness (QED) is 0.920. The number of carboxylic acid groups (broad SMARTS) is 1. The Morgan fingerprint density at radius 1 is 1.40 bits per heavy atom. The lowest BCUT2D eigenvalue weighted by atomic mass is 10.1. The van der Waals surface area contributed by atoms with E-state index in [-0.39, 0.29) is 11.6 Å². The van der Waals surface area contributed by atoms with E-state index < -0.39 is 5.97 Å². The number of carbonyl (C=O) groups is 2. The second-order valence-corrected chi connectivity index (χ2v) is 5.35. The number of fused-ring (bicyclic) bond motifs is 1. The van der Waals surface area contributed by atoms with Gasteiger partial charge in [-0.15, -0.1) is 0 Å². The Labute approximate surface area is 117 Å². The number of nitrogens with zero attached hydrogens (tertiary/aromatic N) is 2. The van der Waals surface area contributed by atoms with Crippen LogP contribution in [0.25, 0.3) is 0 Å². The summed E-state index contributed by atoms with van der Waals surface area (Å²) >= 11 is 0. The van der Waals surface area contributed by atoms with Crippen LogP contribution in [0.2, 0.25) is 0 Å². The summed E-state index contributed by atoms with van der Waals surface area (Å²) in [6, 6.07) is 5.45. The summed E-state index contributed by atoms with van der Waals surface area (Å²) in [5, 5.41) is 9.01. The molecule has 0 bridgehead atoms. The molecule has 1 aliphatic heterocycles. The smallest absolute Gasteiger partial charge is 0.335 e. The van der Waals surface area contributed by atoms with Gasteiger partial charge in [-0.05, 0) is 49.9 Å². The lowest BCUT2D eigenvalue weighted by molar-refractivity contribution is 0.0697. The predicted octanol–water partition coefficient (Wildman–Crippen LogP) is 2.35. The van der Waals surface area contributed by atoms with Crippen LogP contribution in [0.1, 0.15) is 35.7 Å². The van der Waals surface area contributed by atoms with Crippen molar-refractivity contribution in [2.75, 3.05) is 18.0 Å². The molecule has 5 heteroatoms. The third-order valence-electron chi connectivity index (χ3n) is 4.03. The molecular formula is C15H18N2O3. The van der Waals surface area contributed by atoms with E-state index in [4.69, 9.17) is 5.11 Å². The van der Waals surface area contributed by atoms with E-state index in [1.807, 2.05) is 11.8 Å². The number of aromatic carboxylic acids is 1. The van der Waals surface area contributed by atoms with Crippen molar-refractivity contribution in [1.82, 2.24) is 4.90 Å². The maximum atomic E-state index is 12.6. The first-order chi connectivity index (χ1) is 9.61. The Morgan fingerprint density at radius 3 is 2.75 bits per heavy atom. The number of urea groups is 1. The van der Waals surface area contributed by atoms with E-state index >= 15 is 0 Å². The molecule has 3 rings (SSSR count). The van der Waals surface area contributed by atoms with Crippen molar-refractivity contribution in [2.45, 2.75) is 32.2 Å². The van der Waals surface area contributed by atoms with E-state index in [2.05, 4.69) is 0 Å². The largest absolute Gasteiger partial charge is 0.478 e. The highest BCUT2D eigenvalue weighted by atomic mass is 16.4. The topological polar surface area (TPSA) is 60.9 Å². The van der Waals surface area contributed by atoms with Crippen molar-refractivity contribution < 1.29 is 14.7 Å². The van der Waals surface area contributed by atoms with E-state index in [9.17, 15) is 9.59 Å². The first-order valence-corrected chi connectivity index (χ1v) is 7.06. The highest BCUT2D eigenvalue weighted by molar-refractivity contribution is 5.96. The lowest BCUT2D eigenvalue weighted by Crippen LogP contribution is -2.43. The summed E-state index contributed by atoms with van der Waals surface area (Å²) in [5.74, 6) is -0.925. The van der Waals surface area contributed by atoms with Gasteiger partial charge in [-0.25, -0.2) is 9.59 Å². The second kappa shape index (κ2) is 4.81. The van der Waals surface area contributed by atoms with Crippen LogP contribution in [0, 0.1) is 0 Å². The minimum Gasteiger partial charge on any atom is -0.478 e. The van der Waals surface area contributed by atoms with Crippen molar-refractivity contribution in [3.63, 3.8) is 0 Å². The normalized spacial score (nSPS) is 16.9. The monoisotopic (exact) mass is 274 g/mol. The standard InChI is InChI=1S/C15H18N2O3/c1-2-16(12-4-5-12)15(20)17-8-7-10-9-11(14(18)19)3-6-13(10)17/h3,6,9,12H,2,4-5,7-8H2,1H3,(H,18,19). The summed E-state index contributed by atoms with van der Waals surface area (Å²) in [6.45, 7) is 3.36. The highest BCUT2D eigenvalue weighted by Crippen LogP contribution is 2.33. The Hall–Kier alpha value is -2.04. The van der Waals surface area contributed by atoms with Crippen LogP contribution in [0.3, 0.4) is 0 Å². The van der Waals surface area contributed by atoms with Crippen molar-refractivity contribution in [3.8, 4) is 0 Å². The minimum absolute atomic E-state index is 0.0526. The van der Waals surface area contributed by atoms with Gasteiger partial charge in [0.2, 0.25) is 0 Å². The molecule has 1 aliphatic carbocycles.